The summed E-state index contributed by atoms with van der Waals surface area (Å²) in [7, 11) is 1.88. The molecule has 6 nitrogen and oxygen atoms in total. The molecule has 138 valence electrons. The van der Waals surface area contributed by atoms with Gasteiger partial charge < -0.3 is 10.2 Å². The Bertz CT molecular complexity index is 795. The summed E-state index contributed by atoms with van der Waals surface area (Å²) in [5.41, 5.74) is 3.78. The lowest BCUT2D eigenvalue weighted by Gasteiger charge is -2.27. The number of anilines is 2. The Morgan fingerprint density at radius 3 is 2.92 bits per heavy atom. The summed E-state index contributed by atoms with van der Waals surface area (Å²) in [6.07, 6.45) is 4.77. The highest BCUT2D eigenvalue weighted by Crippen LogP contribution is 2.36. The number of urea groups is 1. The fourth-order valence-electron chi connectivity index (χ4n) is 3.84. The van der Waals surface area contributed by atoms with Gasteiger partial charge in [-0.25, -0.2) is 4.79 Å². The molecule has 2 aliphatic rings. The predicted octanol–water partition coefficient (Wildman–Crippen LogP) is 3.26. The molecule has 2 aromatic rings. The van der Waals surface area contributed by atoms with E-state index in [1.807, 2.05) is 13.1 Å². The zero-order valence-corrected chi connectivity index (χ0v) is 15.5. The van der Waals surface area contributed by atoms with Crippen LogP contribution in [0.1, 0.15) is 43.4 Å². The molecule has 2 heterocycles. The molecule has 0 spiro atoms. The number of fused-ring (bicyclic) bond motifs is 1. The van der Waals surface area contributed by atoms with E-state index in [0.29, 0.717) is 12.5 Å². The van der Waals surface area contributed by atoms with Crippen LogP contribution in [0.5, 0.6) is 0 Å². The number of nitrogens with zero attached hydrogens (tertiary/aromatic N) is 3. The fraction of sp³-hybridized carbons (Fsp3) is 0.500. The van der Waals surface area contributed by atoms with Gasteiger partial charge in [-0.15, -0.1) is 0 Å². The number of hydrogen-bond acceptors (Lipinski definition) is 3. The SMILES string of the molecule is CC(CNC(=O)Nc1cc(C2CCC2)nn1C)N1CCc2ccccc21. The van der Waals surface area contributed by atoms with Crippen molar-refractivity contribution in [3.05, 3.63) is 41.6 Å². The first-order valence-electron chi connectivity index (χ1n) is 9.55. The standard InChI is InChI=1S/C20H27N5O/c1-14(25-11-10-16-6-3-4-9-18(16)25)13-21-20(26)22-19-12-17(23-24(19)2)15-7-5-8-15/h3-4,6,9,12,14-15H,5,7-8,10-11,13H2,1-2H3,(H2,21,22,26). The smallest absolute Gasteiger partial charge is 0.320 e. The van der Waals surface area contributed by atoms with E-state index in [4.69, 9.17) is 0 Å². The van der Waals surface area contributed by atoms with Crippen molar-refractivity contribution in [2.45, 2.75) is 44.6 Å². The molecule has 1 aliphatic heterocycles. The Balaban J connectivity index is 1.31. The van der Waals surface area contributed by atoms with E-state index in [0.717, 1.165) is 24.5 Å². The van der Waals surface area contributed by atoms with E-state index in [2.05, 4.69) is 51.8 Å². The largest absolute Gasteiger partial charge is 0.366 e. The van der Waals surface area contributed by atoms with Gasteiger partial charge in [0.1, 0.15) is 5.82 Å². The van der Waals surface area contributed by atoms with Crippen LogP contribution < -0.4 is 15.5 Å². The minimum absolute atomic E-state index is 0.174. The van der Waals surface area contributed by atoms with Gasteiger partial charge in [-0.05, 0) is 37.8 Å². The van der Waals surface area contributed by atoms with Crippen LogP contribution >= 0.6 is 0 Å². The van der Waals surface area contributed by atoms with Crippen LogP contribution in [0.15, 0.2) is 30.3 Å². The Morgan fingerprint density at radius 1 is 1.35 bits per heavy atom. The second kappa shape index (κ2) is 7.02. The highest BCUT2D eigenvalue weighted by molar-refractivity contribution is 5.88. The van der Waals surface area contributed by atoms with Gasteiger partial charge in [0.05, 0.1) is 5.69 Å². The van der Waals surface area contributed by atoms with E-state index in [1.54, 1.807) is 4.68 Å². The molecule has 1 saturated carbocycles. The van der Waals surface area contributed by atoms with Crippen LogP contribution in [0.3, 0.4) is 0 Å². The fourth-order valence-corrected chi connectivity index (χ4v) is 3.84. The highest BCUT2D eigenvalue weighted by atomic mass is 16.2. The molecule has 0 saturated heterocycles. The number of carbonyl (C=O) groups excluding carboxylic acids is 1. The average molecular weight is 353 g/mol. The lowest BCUT2D eigenvalue weighted by molar-refractivity contribution is 0.251. The number of carbonyl (C=O) groups is 1. The summed E-state index contributed by atoms with van der Waals surface area (Å²) in [6.45, 7) is 3.77. The number of amides is 2. The Labute approximate surface area is 154 Å². The van der Waals surface area contributed by atoms with Crippen molar-refractivity contribution < 1.29 is 4.79 Å². The Hall–Kier alpha value is -2.50. The molecule has 0 bridgehead atoms. The normalized spacial score (nSPS) is 17.5. The number of para-hydroxylation sites is 1. The average Bonchev–Trinajstić information content (AvgIpc) is 3.15. The molecule has 1 fully saturated rings. The minimum Gasteiger partial charge on any atom is -0.366 e. The summed E-state index contributed by atoms with van der Waals surface area (Å²) in [4.78, 5) is 14.7. The first kappa shape index (κ1) is 16.9. The van der Waals surface area contributed by atoms with Crippen molar-refractivity contribution in [2.24, 2.45) is 7.05 Å². The number of benzene rings is 1. The van der Waals surface area contributed by atoms with Gasteiger partial charge in [0, 0.05) is 43.9 Å². The van der Waals surface area contributed by atoms with E-state index >= 15 is 0 Å². The molecule has 1 unspecified atom stereocenters. The van der Waals surface area contributed by atoms with Gasteiger partial charge in [-0.1, -0.05) is 24.6 Å². The number of nitrogens with one attached hydrogen (secondary N) is 2. The summed E-state index contributed by atoms with van der Waals surface area (Å²) < 4.78 is 1.76. The first-order valence-corrected chi connectivity index (χ1v) is 9.55. The van der Waals surface area contributed by atoms with Crippen molar-refractivity contribution >= 4 is 17.5 Å². The van der Waals surface area contributed by atoms with Crippen molar-refractivity contribution in [3.8, 4) is 0 Å². The third kappa shape index (κ3) is 3.28. The maximum absolute atomic E-state index is 12.3. The summed E-state index contributed by atoms with van der Waals surface area (Å²) in [5.74, 6) is 1.32. The molecule has 26 heavy (non-hydrogen) atoms. The quantitative estimate of drug-likeness (QED) is 0.867. The van der Waals surface area contributed by atoms with Gasteiger partial charge in [-0.2, -0.15) is 5.10 Å². The topological polar surface area (TPSA) is 62.2 Å². The monoisotopic (exact) mass is 353 g/mol. The van der Waals surface area contributed by atoms with Crippen LogP contribution in [-0.4, -0.2) is 34.9 Å². The number of aryl methyl sites for hydroxylation is 1. The van der Waals surface area contributed by atoms with Crippen LogP contribution in [0.25, 0.3) is 0 Å². The van der Waals surface area contributed by atoms with E-state index in [-0.39, 0.29) is 12.1 Å². The maximum Gasteiger partial charge on any atom is 0.320 e. The molecule has 1 aromatic carbocycles. The Morgan fingerprint density at radius 2 is 2.15 bits per heavy atom. The van der Waals surface area contributed by atoms with Crippen molar-refractivity contribution in [2.75, 3.05) is 23.3 Å². The number of rotatable bonds is 5. The maximum atomic E-state index is 12.3. The van der Waals surface area contributed by atoms with Gasteiger partial charge in [0.2, 0.25) is 0 Å². The molecule has 1 aromatic heterocycles. The first-order chi connectivity index (χ1) is 12.6. The molecule has 4 rings (SSSR count). The van der Waals surface area contributed by atoms with Gasteiger partial charge in [0.25, 0.3) is 0 Å². The van der Waals surface area contributed by atoms with Crippen LogP contribution in [-0.2, 0) is 13.5 Å². The summed E-state index contributed by atoms with van der Waals surface area (Å²) in [6, 6.07) is 10.6. The molecule has 6 heteroatoms. The van der Waals surface area contributed by atoms with Crippen LogP contribution in [0, 0.1) is 0 Å². The van der Waals surface area contributed by atoms with Gasteiger partial charge in [-0.3, -0.25) is 10.00 Å². The van der Waals surface area contributed by atoms with Crippen LogP contribution in [0.4, 0.5) is 16.3 Å². The molecule has 0 radical (unpaired) electrons. The van der Waals surface area contributed by atoms with Crippen LogP contribution in [0.2, 0.25) is 0 Å². The number of aromatic nitrogens is 2. The van der Waals surface area contributed by atoms with Crippen molar-refractivity contribution in [3.63, 3.8) is 0 Å². The van der Waals surface area contributed by atoms with Crippen molar-refractivity contribution in [1.29, 1.82) is 0 Å². The summed E-state index contributed by atoms with van der Waals surface area (Å²) in [5, 5.41) is 10.5. The van der Waals surface area contributed by atoms with E-state index in [1.165, 1.54) is 30.5 Å². The molecule has 2 N–H and O–H groups in total. The second-order valence-electron chi connectivity index (χ2n) is 7.46. The zero-order valence-electron chi connectivity index (χ0n) is 15.5. The lowest BCUT2D eigenvalue weighted by atomic mass is 9.83. The second-order valence-corrected chi connectivity index (χ2v) is 7.46. The lowest BCUT2D eigenvalue weighted by Crippen LogP contribution is -2.43. The molecular formula is C20H27N5O. The number of hydrogen-bond donors (Lipinski definition) is 2. The highest BCUT2D eigenvalue weighted by Gasteiger charge is 2.24. The molecule has 1 aliphatic carbocycles. The van der Waals surface area contributed by atoms with E-state index in [9.17, 15) is 4.79 Å². The minimum atomic E-state index is -0.174. The van der Waals surface area contributed by atoms with E-state index < -0.39 is 0 Å². The zero-order chi connectivity index (χ0) is 18.1. The third-order valence-corrected chi connectivity index (χ3v) is 5.68. The summed E-state index contributed by atoms with van der Waals surface area (Å²) >= 11 is 0. The van der Waals surface area contributed by atoms with Crippen molar-refractivity contribution in [1.82, 2.24) is 15.1 Å². The predicted molar refractivity (Wildman–Crippen MR) is 104 cm³/mol. The van der Waals surface area contributed by atoms with Gasteiger partial charge >= 0.3 is 6.03 Å². The molecule has 1 atom stereocenters. The Kier molecular flexibility index (Phi) is 4.57. The molecular weight excluding hydrogens is 326 g/mol. The molecule has 2 amide bonds. The van der Waals surface area contributed by atoms with Gasteiger partial charge in [0.15, 0.2) is 0 Å². The third-order valence-electron chi connectivity index (χ3n) is 5.68.